The van der Waals surface area contributed by atoms with E-state index >= 15 is 0 Å². The Hall–Kier alpha value is -1.40. The summed E-state index contributed by atoms with van der Waals surface area (Å²) in [5.74, 6) is -1.40. The highest BCUT2D eigenvalue weighted by Gasteiger charge is 2.36. The Kier molecular flexibility index (Phi) is 49.4. The third-order valence-corrected chi connectivity index (χ3v) is 15.3. The lowest BCUT2D eigenvalue weighted by atomic mass is 9.92. The maximum Gasteiger partial charge on any atom is 0.309 e. The van der Waals surface area contributed by atoms with Crippen LogP contribution in [-0.4, -0.2) is 48.6 Å². The lowest BCUT2D eigenvalue weighted by Crippen LogP contribution is -2.40. The summed E-state index contributed by atoms with van der Waals surface area (Å²) in [6.45, 7) is 1.18. The van der Waals surface area contributed by atoms with Crippen LogP contribution in [-0.2, 0) is 19.1 Å². The van der Waals surface area contributed by atoms with E-state index in [1.807, 2.05) is 0 Å². The Morgan fingerprint density at radius 3 is 0.912 bits per heavy atom. The fraction of sp³-hybridized carbons (Fsp3) is 0.935. The van der Waals surface area contributed by atoms with E-state index in [0.29, 0.717) is 6.42 Å². The van der Waals surface area contributed by atoms with E-state index in [9.17, 15) is 19.8 Å². The zero-order valence-corrected chi connectivity index (χ0v) is 45.7. The first-order valence-corrected chi connectivity index (χ1v) is 30.8. The topological polar surface area (TPSA) is 93.1 Å². The van der Waals surface area contributed by atoms with Crippen molar-refractivity contribution >= 4 is 11.9 Å². The predicted molar refractivity (Wildman–Crippen MR) is 292 cm³/mol. The Bertz CT molecular complexity index is 1070. The van der Waals surface area contributed by atoms with Gasteiger partial charge in [0.2, 0.25) is 0 Å². The van der Waals surface area contributed by atoms with Gasteiger partial charge in [-0.05, 0) is 25.7 Å². The van der Waals surface area contributed by atoms with Crippen LogP contribution in [0.4, 0.5) is 0 Å². The first kappa shape index (κ1) is 64.6. The number of carbonyl (C=O) groups excluding carboxylic acids is 2. The van der Waals surface area contributed by atoms with Crippen molar-refractivity contribution in [2.75, 3.05) is 26.4 Å². The second-order valence-corrected chi connectivity index (χ2v) is 22.1. The molecule has 6 heteroatoms. The van der Waals surface area contributed by atoms with Crippen molar-refractivity contribution in [3.05, 3.63) is 12.2 Å². The number of esters is 2. The fourth-order valence-corrected chi connectivity index (χ4v) is 10.2. The molecule has 0 aromatic heterocycles. The largest absolute Gasteiger partial charge is 0.465 e. The number of hydrogen-bond donors (Lipinski definition) is 2. The number of carbonyl (C=O) groups is 2. The molecule has 0 amide bonds. The van der Waals surface area contributed by atoms with Crippen LogP contribution in [0.1, 0.15) is 334 Å². The first-order chi connectivity index (χ1) is 33.6. The monoisotopic (exact) mass is 959 g/mol. The molecule has 1 atom stereocenters. The van der Waals surface area contributed by atoms with Crippen LogP contribution in [0.5, 0.6) is 0 Å². The van der Waals surface area contributed by atoms with Gasteiger partial charge in [-0.1, -0.05) is 314 Å². The van der Waals surface area contributed by atoms with Gasteiger partial charge in [0.05, 0.1) is 31.0 Å². The number of rotatable bonds is 53. The number of cyclic esters (lactones) is 2. The number of ether oxygens (including phenoxy) is 2. The Balaban J connectivity index is 1.68. The van der Waals surface area contributed by atoms with Crippen molar-refractivity contribution in [1.82, 2.24) is 0 Å². The summed E-state index contributed by atoms with van der Waals surface area (Å²) in [5.41, 5.74) is -1.12. The quantitative estimate of drug-likeness (QED) is 0.0358. The van der Waals surface area contributed by atoms with Crippen molar-refractivity contribution in [1.29, 1.82) is 0 Å². The van der Waals surface area contributed by atoms with E-state index in [-0.39, 0.29) is 19.6 Å². The summed E-state index contributed by atoms with van der Waals surface area (Å²) < 4.78 is 10.6. The van der Waals surface area contributed by atoms with Gasteiger partial charge in [-0.3, -0.25) is 9.59 Å². The lowest BCUT2D eigenvalue weighted by Gasteiger charge is -2.27. The summed E-state index contributed by atoms with van der Waals surface area (Å²) in [4.78, 5) is 24.7. The van der Waals surface area contributed by atoms with E-state index in [1.54, 1.807) is 0 Å². The van der Waals surface area contributed by atoms with Crippen molar-refractivity contribution in [2.24, 2.45) is 11.3 Å². The molecule has 1 aliphatic rings. The van der Waals surface area contributed by atoms with E-state index in [1.165, 1.54) is 295 Å². The summed E-state index contributed by atoms with van der Waals surface area (Å²) in [7, 11) is 0. The van der Waals surface area contributed by atoms with E-state index in [4.69, 9.17) is 9.47 Å². The summed E-state index contributed by atoms with van der Waals surface area (Å²) >= 11 is 0. The van der Waals surface area contributed by atoms with Crippen LogP contribution in [0.15, 0.2) is 12.2 Å². The highest BCUT2D eigenvalue weighted by molar-refractivity contribution is 5.80. The number of aliphatic hydroxyl groups is 2. The van der Waals surface area contributed by atoms with Gasteiger partial charge in [-0.15, -0.1) is 0 Å². The first-order valence-electron chi connectivity index (χ1n) is 30.8. The van der Waals surface area contributed by atoms with Gasteiger partial charge in [0.25, 0.3) is 0 Å². The number of unbranched alkanes of at least 4 members (excludes halogenated alkanes) is 47. The molecule has 0 aliphatic carbocycles. The molecule has 1 unspecified atom stereocenters. The number of aliphatic hydroxyl groups excluding tert-OH is 2. The maximum atomic E-state index is 12.5. The van der Waals surface area contributed by atoms with Crippen molar-refractivity contribution in [3.63, 3.8) is 0 Å². The Labute approximate surface area is 423 Å². The van der Waals surface area contributed by atoms with Gasteiger partial charge in [-0.25, -0.2) is 0 Å². The molecule has 1 saturated heterocycles. The van der Waals surface area contributed by atoms with Gasteiger partial charge in [0, 0.05) is 0 Å². The van der Waals surface area contributed by atoms with Gasteiger partial charge >= 0.3 is 11.9 Å². The van der Waals surface area contributed by atoms with E-state index in [0.717, 1.165) is 19.3 Å². The highest BCUT2D eigenvalue weighted by atomic mass is 16.6. The zero-order valence-electron chi connectivity index (χ0n) is 45.7. The van der Waals surface area contributed by atoms with Gasteiger partial charge in [0.1, 0.15) is 13.2 Å². The van der Waals surface area contributed by atoms with Crippen molar-refractivity contribution in [2.45, 2.75) is 334 Å². The third kappa shape index (κ3) is 43.4. The molecule has 0 radical (unpaired) electrons. The Morgan fingerprint density at radius 2 is 0.632 bits per heavy atom. The normalized spacial score (nSPS) is 15.4. The van der Waals surface area contributed by atoms with Crippen LogP contribution in [0.3, 0.4) is 0 Å². The zero-order chi connectivity index (χ0) is 49.0. The summed E-state index contributed by atoms with van der Waals surface area (Å²) in [6, 6.07) is 0. The Morgan fingerprint density at radius 1 is 0.382 bits per heavy atom. The molecule has 0 spiro atoms. The smallest absolute Gasteiger partial charge is 0.309 e. The summed E-state index contributed by atoms with van der Waals surface area (Å²) in [6.07, 6.45) is 74.2. The fourth-order valence-electron chi connectivity index (χ4n) is 10.2. The van der Waals surface area contributed by atoms with Crippen molar-refractivity contribution < 1.29 is 29.3 Å². The van der Waals surface area contributed by atoms with Crippen LogP contribution in [0.2, 0.25) is 0 Å². The molecule has 6 nitrogen and oxygen atoms in total. The highest BCUT2D eigenvalue weighted by Crippen LogP contribution is 2.25. The molecule has 0 aromatic rings. The minimum atomic E-state index is -1.12. The molecule has 1 heterocycles. The lowest BCUT2D eigenvalue weighted by molar-refractivity contribution is -0.155. The third-order valence-electron chi connectivity index (χ3n) is 15.3. The van der Waals surface area contributed by atoms with Gasteiger partial charge < -0.3 is 19.7 Å². The molecule has 1 aliphatic heterocycles. The molecule has 1 rings (SSSR count). The molecule has 68 heavy (non-hydrogen) atoms. The number of allylic oxidation sites excluding steroid dienone is 2. The minimum absolute atomic E-state index is 0.00517. The second-order valence-electron chi connectivity index (χ2n) is 22.1. The van der Waals surface area contributed by atoms with Gasteiger partial charge in [0.15, 0.2) is 0 Å². The molecule has 402 valence electrons. The SMILES string of the molecule is CCCC/C=C/CCCCCCCCCCCCCCCCCCCCCCCCCCCCCCCCCCCCCCCCCCCCCCCC1CC(=O)OCC(CO)(CO)COC1=O. The molecule has 0 aromatic carbocycles. The van der Waals surface area contributed by atoms with Crippen molar-refractivity contribution in [3.8, 4) is 0 Å². The van der Waals surface area contributed by atoms with Crippen LogP contribution < -0.4 is 0 Å². The average molecular weight is 960 g/mol. The molecule has 0 saturated carbocycles. The minimum Gasteiger partial charge on any atom is -0.465 e. The van der Waals surface area contributed by atoms with Crippen LogP contribution in [0, 0.1) is 11.3 Å². The summed E-state index contributed by atoms with van der Waals surface area (Å²) in [5, 5.41) is 19.2. The molecular formula is C62H118O6. The standard InChI is InChI=1S/C62H118O6/c1-2-3-4-5-6-7-8-9-10-11-12-13-14-15-16-17-18-19-20-21-22-23-24-25-26-27-28-29-30-31-32-33-34-35-36-37-38-39-40-41-42-43-44-45-46-47-48-49-50-51-52-53-59-54-60(65)67-57-62(55-63,56-64)58-68-61(59)66/h5-6,59,63-64H,2-4,7-58H2,1H3/b6-5+. The van der Waals surface area contributed by atoms with E-state index in [2.05, 4.69) is 19.1 Å². The predicted octanol–water partition coefficient (Wildman–Crippen LogP) is 19.1. The number of hydrogen-bond acceptors (Lipinski definition) is 6. The molecule has 1 fully saturated rings. The molecule has 2 N–H and O–H groups in total. The van der Waals surface area contributed by atoms with Crippen LogP contribution in [0.25, 0.3) is 0 Å². The van der Waals surface area contributed by atoms with Crippen LogP contribution >= 0.6 is 0 Å². The second kappa shape index (κ2) is 51.9. The average Bonchev–Trinajstić information content (AvgIpc) is 3.40. The molecular weight excluding hydrogens is 841 g/mol. The maximum absolute atomic E-state index is 12.5. The molecule has 0 bridgehead atoms. The van der Waals surface area contributed by atoms with E-state index < -0.39 is 36.5 Å². The van der Waals surface area contributed by atoms with Gasteiger partial charge in [-0.2, -0.15) is 0 Å².